The van der Waals surface area contributed by atoms with E-state index in [4.69, 9.17) is 14.2 Å². The molecule has 61 heavy (non-hydrogen) atoms. The summed E-state index contributed by atoms with van der Waals surface area (Å²) in [5, 5.41) is 0. The largest absolute Gasteiger partial charge is 0.462 e. The van der Waals surface area contributed by atoms with E-state index in [-0.39, 0.29) is 31.1 Å². The van der Waals surface area contributed by atoms with Crippen molar-refractivity contribution in [2.45, 2.75) is 245 Å². The molecule has 6 heteroatoms. The molecule has 0 saturated heterocycles. The summed E-state index contributed by atoms with van der Waals surface area (Å²) < 4.78 is 16.7. The van der Waals surface area contributed by atoms with E-state index < -0.39 is 6.10 Å². The Hall–Kier alpha value is -3.15. The van der Waals surface area contributed by atoms with Gasteiger partial charge in [0, 0.05) is 19.3 Å². The maximum Gasteiger partial charge on any atom is 0.306 e. The molecule has 0 heterocycles. The van der Waals surface area contributed by atoms with Crippen molar-refractivity contribution in [2.24, 2.45) is 0 Å². The predicted octanol–water partition coefficient (Wildman–Crippen LogP) is 16.6. The Labute approximate surface area is 376 Å². The van der Waals surface area contributed by atoms with E-state index in [1.54, 1.807) is 0 Å². The summed E-state index contributed by atoms with van der Waals surface area (Å²) in [5.41, 5.74) is 0. The molecular formula is C55H94O6. The molecule has 1 atom stereocenters. The van der Waals surface area contributed by atoms with Crippen molar-refractivity contribution in [1.29, 1.82) is 0 Å². The van der Waals surface area contributed by atoms with Gasteiger partial charge < -0.3 is 14.2 Å². The fourth-order valence-electron chi connectivity index (χ4n) is 6.87. The van der Waals surface area contributed by atoms with Gasteiger partial charge in [0.1, 0.15) is 13.2 Å². The normalized spacial score (nSPS) is 12.6. The van der Waals surface area contributed by atoms with Gasteiger partial charge in [-0.05, 0) is 89.9 Å². The molecule has 0 spiro atoms. The summed E-state index contributed by atoms with van der Waals surface area (Å²) >= 11 is 0. The van der Waals surface area contributed by atoms with Crippen LogP contribution < -0.4 is 0 Å². The van der Waals surface area contributed by atoms with Crippen molar-refractivity contribution in [1.82, 2.24) is 0 Å². The maximum atomic E-state index is 12.7. The minimum Gasteiger partial charge on any atom is -0.462 e. The van der Waals surface area contributed by atoms with Gasteiger partial charge in [-0.15, -0.1) is 0 Å². The van der Waals surface area contributed by atoms with Gasteiger partial charge in [-0.25, -0.2) is 0 Å². The molecule has 0 aromatic carbocycles. The SMILES string of the molecule is CC/C=C\C/C=C\C/C=C\CCCCCCCC(=O)OC(COC(=O)CCCCCCCCC)COC(=O)CCCCCCCC/C=C\C/C=C\C/C=C\CCCCCCC. The van der Waals surface area contributed by atoms with Crippen LogP contribution in [0.1, 0.15) is 239 Å². The summed E-state index contributed by atoms with van der Waals surface area (Å²) in [4.78, 5) is 37.8. The number of hydrogen-bond donors (Lipinski definition) is 0. The molecule has 0 amide bonds. The summed E-state index contributed by atoms with van der Waals surface area (Å²) in [6, 6.07) is 0. The molecule has 350 valence electrons. The summed E-state index contributed by atoms with van der Waals surface area (Å²) in [6.45, 7) is 6.44. The predicted molar refractivity (Wildman–Crippen MR) is 261 cm³/mol. The third-order valence-electron chi connectivity index (χ3n) is 10.7. The van der Waals surface area contributed by atoms with Gasteiger partial charge in [0.05, 0.1) is 0 Å². The van der Waals surface area contributed by atoms with Crippen molar-refractivity contribution in [3.8, 4) is 0 Å². The van der Waals surface area contributed by atoms with Gasteiger partial charge in [-0.1, -0.05) is 203 Å². The van der Waals surface area contributed by atoms with E-state index in [0.29, 0.717) is 19.3 Å². The minimum atomic E-state index is -0.786. The van der Waals surface area contributed by atoms with Gasteiger partial charge in [0.15, 0.2) is 6.10 Å². The fraction of sp³-hybridized carbons (Fsp3) is 0.727. The molecule has 0 aromatic rings. The monoisotopic (exact) mass is 851 g/mol. The van der Waals surface area contributed by atoms with Crippen LogP contribution in [0.4, 0.5) is 0 Å². The molecule has 0 aliphatic heterocycles. The van der Waals surface area contributed by atoms with Crippen LogP contribution in [0.3, 0.4) is 0 Å². The molecule has 0 aromatic heterocycles. The molecular weight excluding hydrogens is 757 g/mol. The second-order valence-corrected chi connectivity index (χ2v) is 16.7. The van der Waals surface area contributed by atoms with Crippen molar-refractivity contribution in [3.05, 3.63) is 72.9 Å². The van der Waals surface area contributed by atoms with Crippen LogP contribution in [-0.2, 0) is 28.6 Å². The van der Waals surface area contributed by atoms with Gasteiger partial charge >= 0.3 is 17.9 Å². The first-order valence-corrected chi connectivity index (χ1v) is 25.4. The van der Waals surface area contributed by atoms with E-state index in [1.165, 1.54) is 83.5 Å². The zero-order valence-corrected chi connectivity index (χ0v) is 39.9. The standard InChI is InChI=1S/C55H94O6/c1-4-7-10-13-16-18-20-22-24-25-26-27-28-29-31-32-34-36-39-42-45-48-54(57)60-51-52(50-59-53(56)47-44-41-38-15-12-9-6-3)61-55(58)49-46-43-40-37-35-33-30-23-21-19-17-14-11-8-5-2/h8,11,17,19-20,22-23,25-26,28-30,52H,4-7,9-10,12-16,18,21,24,27,31-51H2,1-3H3/b11-8-,19-17-,22-20-,26-25-,29-28-,30-23-. The summed E-state index contributed by atoms with van der Waals surface area (Å²) in [6.07, 6.45) is 61.9. The first-order chi connectivity index (χ1) is 30.0. The Kier molecular flexibility index (Phi) is 46.9. The van der Waals surface area contributed by atoms with Crippen LogP contribution in [0.5, 0.6) is 0 Å². The van der Waals surface area contributed by atoms with Crippen LogP contribution in [0, 0.1) is 0 Å². The molecule has 0 aliphatic carbocycles. The van der Waals surface area contributed by atoms with E-state index in [1.807, 2.05) is 0 Å². The van der Waals surface area contributed by atoms with E-state index >= 15 is 0 Å². The quantitative estimate of drug-likeness (QED) is 0.0263. The van der Waals surface area contributed by atoms with Crippen molar-refractivity contribution >= 4 is 17.9 Å². The maximum absolute atomic E-state index is 12.7. The van der Waals surface area contributed by atoms with Gasteiger partial charge in [0.2, 0.25) is 0 Å². The lowest BCUT2D eigenvalue weighted by molar-refractivity contribution is -0.167. The molecule has 0 saturated carbocycles. The van der Waals surface area contributed by atoms with Crippen LogP contribution in [-0.4, -0.2) is 37.2 Å². The number of carbonyl (C=O) groups excluding carboxylic acids is 3. The number of ether oxygens (including phenoxy) is 3. The van der Waals surface area contributed by atoms with Crippen LogP contribution in [0.15, 0.2) is 72.9 Å². The molecule has 0 N–H and O–H groups in total. The van der Waals surface area contributed by atoms with E-state index in [0.717, 1.165) is 116 Å². The lowest BCUT2D eigenvalue weighted by atomic mass is 10.1. The minimum absolute atomic E-state index is 0.0869. The first-order valence-electron chi connectivity index (χ1n) is 25.4. The molecule has 0 rings (SSSR count). The van der Waals surface area contributed by atoms with Gasteiger partial charge in [-0.3, -0.25) is 14.4 Å². The number of rotatable bonds is 45. The zero-order valence-electron chi connectivity index (χ0n) is 39.9. The summed E-state index contributed by atoms with van der Waals surface area (Å²) in [5.74, 6) is -0.924. The topological polar surface area (TPSA) is 78.9 Å². The lowest BCUT2D eigenvalue weighted by Crippen LogP contribution is -2.30. The Morgan fingerprint density at radius 3 is 1.00 bits per heavy atom. The van der Waals surface area contributed by atoms with Crippen LogP contribution in [0.25, 0.3) is 0 Å². The number of esters is 3. The molecule has 0 radical (unpaired) electrons. The van der Waals surface area contributed by atoms with Gasteiger partial charge in [-0.2, -0.15) is 0 Å². The molecule has 6 nitrogen and oxygen atoms in total. The molecule has 0 bridgehead atoms. The van der Waals surface area contributed by atoms with Crippen molar-refractivity contribution in [3.63, 3.8) is 0 Å². The van der Waals surface area contributed by atoms with Crippen LogP contribution >= 0.6 is 0 Å². The number of hydrogen-bond acceptors (Lipinski definition) is 6. The Morgan fingerprint density at radius 2 is 0.639 bits per heavy atom. The highest BCUT2D eigenvalue weighted by molar-refractivity contribution is 5.71. The zero-order chi connectivity index (χ0) is 44.4. The van der Waals surface area contributed by atoms with E-state index in [9.17, 15) is 14.4 Å². The Bertz CT molecular complexity index is 1160. The average molecular weight is 851 g/mol. The third-order valence-corrected chi connectivity index (χ3v) is 10.7. The Balaban J connectivity index is 4.29. The third kappa shape index (κ3) is 47.7. The second kappa shape index (κ2) is 49.5. The van der Waals surface area contributed by atoms with Crippen molar-refractivity contribution in [2.75, 3.05) is 13.2 Å². The highest BCUT2D eigenvalue weighted by atomic mass is 16.6. The van der Waals surface area contributed by atoms with Gasteiger partial charge in [0.25, 0.3) is 0 Å². The number of allylic oxidation sites excluding steroid dienone is 12. The second-order valence-electron chi connectivity index (χ2n) is 16.7. The highest BCUT2D eigenvalue weighted by Crippen LogP contribution is 2.13. The highest BCUT2D eigenvalue weighted by Gasteiger charge is 2.19. The Morgan fingerprint density at radius 1 is 0.344 bits per heavy atom. The first kappa shape index (κ1) is 57.9. The van der Waals surface area contributed by atoms with Crippen molar-refractivity contribution < 1.29 is 28.6 Å². The lowest BCUT2D eigenvalue weighted by Gasteiger charge is -2.18. The summed E-state index contributed by atoms with van der Waals surface area (Å²) in [7, 11) is 0. The smallest absolute Gasteiger partial charge is 0.306 e. The molecule has 1 unspecified atom stereocenters. The molecule has 0 fully saturated rings. The van der Waals surface area contributed by atoms with E-state index in [2.05, 4.69) is 93.7 Å². The number of carbonyl (C=O) groups is 3. The van der Waals surface area contributed by atoms with Crippen LogP contribution in [0.2, 0.25) is 0 Å². The fourth-order valence-corrected chi connectivity index (χ4v) is 6.87. The number of unbranched alkanes of at least 4 members (excludes halogenated alkanes) is 22. The average Bonchev–Trinajstić information content (AvgIpc) is 3.26. The molecule has 0 aliphatic rings.